The molecule has 0 amide bonds. The maximum absolute atomic E-state index is 9.63. The molecule has 0 aliphatic carbocycles. The van der Waals surface area contributed by atoms with Crippen LogP contribution in [0.15, 0.2) is 30.5 Å². The number of hydrogen-bond acceptors (Lipinski definition) is 5. The van der Waals surface area contributed by atoms with Crippen molar-refractivity contribution in [2.75, 3.05) is 20.3 Å². The highest BCUT2D eigenvalue weighted by molar-refractivity contribution is 6.43. The van der Waals surface area contributed by atoms with Gasteiger partial charge in [0.15, 0.2) is 11.5 Å². The van der Waals surface area contributed by atoms with Gasteiger partial charge >= 0.3 is 7.12 Å². The molecule has 25 heavy (non-hydrogen) atoms. The lowest BCUT2D eigenvalue weighted by atomic mass is 9.79. The van der Waals surface area contributed by atoms with Crippen LogP contribution in [0.4, 0.5) is 0 Å². The van der Waals surface area contributed by atoms with Gasteiger partial charge in [0.05, 0.1) is 13.7 Å². The maximum Gasteiger partial charge on any atom is 0.454 e. The van der Waals surface area contributed by atoms with Crippen molar-refractivity contribution in [2.45, 2.75) is 32.5 Å². The van der Waals surface area contributed by atoms with Gasteiger partial charge in [-0.15, -0.1) is 0 Å². The molecule has 1 aliphatic rings. The summed E-state index contributed by atoms with van der Waals surface area (Å²) in [6.45, 7) is 5.16. The number of pyridine rings is 1. The zero-order valence-electron chi connectivity index (χ0n) is 15.0. The predicted octanol–water partition coefficient (Wildman–Crippen LogP) is 3.31. The van der Waals surface area contributed by atoms with E-state index in [4.69, 9.17) is 14.1 Å². The molecule has 5 nitrogen and oxygen atoms in total. The maximum atomic E-state index is 9.63. The van der Waals surface area contributed by atoms with Gasteiger partial charge in [-0.25, -0.2) is 0 Å². The van der Waals surface area contributed by atoms with Gasteiger partial charge in [0.25, 0.3) is 0 Å². The first-order chi connectivity index (χ1) is 12.2. The Morgan fingerprint density at radius 2 is 2.12 bits per heavy atom. The zero-order chi connectivity index (χ0) is 17.8. The number of methoxy groups -OCH3 is 1. The summed E-state index contributed by atoms with van der Waals surface area (Å²) in [5.74, 6) is 1.63. The van der Waals surface area contributed by atoms with E-state index in [1.165, 1.54) is 0 Å². The van der Waals surface area contributed by atoms with Gasteiger partial charge in [-0.3, -0.25) is 4.98 Å². The van der Waals surface area contributed by atoms with Crippen molar-refractivity contribution < 1.29 is 19.2 Å². The molecule has 1 saturated heterocycles. The van der Waals surface area contributed by atoms with E-state index in [1.54, 1.807) is 7.11 Å². The van der Waals surface area contributed by atoms with E-state index in [-0.39, 0.29) is 5.92 Å². The second-order valence-corrected chi connectivity index (χ2v) is 6.14. The van der Waals surface area contributed by atoms with Gasteiger partial charge in [-0.05, 0) is 49.0 Å². The molecule has 1 aliphatic heterocycles. The fraction of sp³-hybridized carbons (Fsp3) is 0.421. The molecule has 0 radical (unpaired) electrons. The van der Waals surface area contributed by atoms with Gasteiger partial charge in [0, 0.05) is 30.0 Å². The first-order valence-electron chi connectivity index (χ1n) is 8.75. The monoisotopic (exact) mass is 341 g/mol. The Morgan fingerprint density at radius 3 is 2.76 bits per heavy atom. The highest BCUT2D eigenvalue weighted by Crippen LogP contribution is 2.36. The molecule has 132 valence electrons. The largest absolute Gasteiger partial charge is 0.493 e. The van der Waals surface area contributed by atoms with Crippen LogP contribution in [0.2, 0.25) is 6.32 Å². The summed E-state index contributed by atoms with van der Waals surface area (Å²) < 4.78 is 16.4. The van der Waals surface area contributed by atoms with Crippen molar-refractivity contribution >= 4 is 7.12 Å². The van der Waals surface area contributed by atoms with Crippen LogP contribution >= 0.6 is 0 Å². The summed E-state index contributed by atoms with van der Waals surface area (Å²) in [6, 6.07) is 8.12. The third-order valence-electron chi connectivity index (χ3n) is 4.55. The average molecular weight is 341 g/mol. The quantitative estimate of drug-likeness (QED) is 0.817. The Labute approximate surface area is 149 Å². The van der Waals surface area contributed by atoms with Gasteiger partial charge in [0.1, 0.15) is 0 Å². The van der Waals surface area contributed by atoms with E-state index in [0.29, 0.717) is 19.5 Å². The number of hydrogen-bond donors (Lipinski definition) is 1. The molecule has 1 aromatic heterocycles. The topological polar surface area (TPSA) is 60.8 Å². The Balaban J connectivity index is 2.01. The molecule has 0 saturated carbocycles. The number of ether oxygens (including phenoxy) is 2. The van der Waals surface area contributed by atoms with Crippen LogP contribution in [-0.4, -0.2) is 37.4 Å². The normalized spacial score (nSPS) is 17.0. The van der Waals surface area contributed by atoms with Gasteiger partial charge in [-0.2, -0.15) is 0 Å². The molecule has 0 spiro atoms. The molecule has 2 heterocycles. The zero-order valence-corrected chi connectivity index (χ0v) is 15.0. The van der Waals surface area contributed by atoms with Crippen molar-refractivity contribution in [1.29, 1.82) is 0 Å². The SMILES string of the molecule is CCOc1cc(-c2cc(C3COB(O)C3)cnc2CC)ccc1OC. The molecule has 1 unspecified atom stereocenters. The van der Waals surface area contributed by atoms with Crippen molar-refractivity contribution in [2.24, 2.45) is 0 Å². The number of aromatic nitrogens is 1. The Bertz CT molecular complexity index is 737. The van der Waals surface area contributed by atoms with Gasteiger partial charge in [0.2, 0.25) is 0 Å². The number of aryl methyl sites for hydroxylation is 1. The predicted molar refractivity (Wildman–Crippen MR) is 98.2 cm³/mol. The van der Waals surface area contributed by atoms with Crippen LogP contribution in [0.5, 0.6) is 11.5 Å². The number of benzene rings is 1. The first-order valence-corrected chi connectivity index (χ1v) is 8.75. The minimum absolute atomic E-state index is 0.178. The lowest BCUT2D eigenvalue weighted by Crippen LogP contribution is -2.08. The van der Waals surface area contributed by atoms with Crippen LogP contribution < -0.4 is 9.47 Å². The van der Waals surface area contributed by atoms with Crippen molar-refractivity contribution in [3.8, 4) is 22.6 Å². The third-order valence-corrected chi connectivity index (χ3v) is 4.55. The standard InChI is InChI=1S/C19H24BNO4/c1-4-17-16(8-14(11-21-17)15-10-20(22)25-12-15)13-6-7-18(23-3)19(9-13)24-5-2/h6-9,11,15,22H,4-5,10,12H2,1-3H3. The van der Waals surface area contributed by atoms with Crippen LogP contribution in [0.1, 0.15) is 31.0 Å². The minimum atomic E-state index is -0.676. The Kier molecular flexibility index (Phi) is 5.61. The van der Waals surface area contributed by atoms with Crippen LogP contribution in [0, 0.1) is 0 Å². The first kappa shape index (κ1) is 17.8. The van der Waals surface area contributed by atoms with E-state index in [9.17, 15) is 5.02 Å². The van der Waals surface area contributed by atoms with Crippen LogP contribution in [-0.2, 0) is 11.1 Å². The summed E-state index contributed by atoms with van der Waals surface area (Å²) in [4.78, 5) is 4.65. The fourth-order valence-corrected chi connectivity index (χ4v) is 3.22. The third kappa shape index (κ3) is 3.80. The smallest absolute Gasteiger partial charge is 0.454 e. The lowest BCUT2D eigenvalue weighted by molar-refractivity contribution is 0.292. The van der Waals surface area contributed by atoms with Gasteiger partial charge in [-0.1, -0.05) is 13.0 Å². The molecule has 1 fully saturated rings. The van der Waals surface area contributed by atoms with Crippen molar-refractivity contribution in [3.63, 3.8) is 0 Å². The summed E-state index contributed by atoms with van der Waals surface area (Å²) in [5, 5.41) is 9.63. The highest BCUT2D eigenvalue weighted by atomic mass is 16.5. The molecular formula is C19H24BNO4. The second kappa shape index (κ2) is 7.89. The van der Waals surface area contributed by atoms with Gasteiger partial charge < -0.3 is 19.2 Å². The molecule has 6 heteroatoms. The highest BCUT2D eigenvalue weighted by Gasteiger charge is 2.30. The molecule has 1 atom stereocenters. The van der Waals surface area contributed by atoms with Crippen molar-refractivity contribution in [3.05, 3.63) is 41.7 Å². The molecule has 2 aromatic rings. The summed E-state index contributed by atoms with van der Waals surface area (Å²) in [7, 11) is 0.965. The summed E-state index contributed by atoms with van der Waals surface area (Å²) in [5.41, 5.74) is 4.27. The second-order valence-electron chi connectivity index (χ2n) is 6.14. The van der Waals surface area contributed by atoms with Crippen LogP contribution in [0.3, 0.4) is 0 Å². The fourth-order valence-electron chi connectivity index (χ4n) is 3.22. The van der Waals surface area contributed by atoms with Crippen molar-refractivity contribution in [1.82, 2.24) is 4.98 Å². The van der Waals surface area contributed by atoms with E-state index in [1.807, 2.05) is 31.3 Å². The summed E-state index contributed by atoms with van der Waals surface area (Å²) >= 11 is 0. The Morgan fingerprint density at radius 1 is 1.28 bits per heavy atom. The lowest BCUT2D eigenvalue weighted by Gasteiger charge is -2.15. The Hall–Kier alpha value is -2.05. The molecule has 3 rings (SSSR count). The van der Waals surface area contributed by atoms with E-state index in [0.717, 1.165) is 40.3 Å². The molecular weight excluding hydrogens is 317 g/mol. The molecule has 0 bridgehead atoms. The molecule has 1 aromatic carbocycles. The van der Waals surface area contributed by atoms with E-state index >= 15 is 0 Å². The van der Waals surface area contributed by atoms with E-state index < -0.39 is 7.12 Å². The minimum Gasteiger partial charge on any atom is -0.493 e. The number of rotatable bonds is 6. The van der Waals surface area contributed by atoms with Crippen LogP contribution in [0.25, 0.3) is 11.1 Å². The van der Waals surface area contributed by atoms with E-state index in [2.05, 4.69) is 18.0 Å². The molecule has 1 N–H and O–H groups in total. The number of nitrogens with zero attached hydrogens (tertiary/aromatic N) is 1. The summed E-state index contributed by atoms with van der Waals surface area (Å²) in [6.07, 6.45) is 3.36. The average Bonchev–Trinajstić information content (AvgIpc) is 3.08.